The molecule has 142 valence electrons. The Kier molecular flexibility index (Phi) is 6.51. The van der Waals surface area contributed by atoms with Crippen molar-refractivity contribution in [3.63, 3.8) is 0 Å². The number of urea groups is 1. The van der Waals surface area contributed by atoms with Crippen molar-refractivity contribution < 1.29 is 19.6 Å². The number of para-hydroxylation sites is 1. The van der Waals surface area contributed by atoms with Gasteiger partial charge in [-0.3, -0.25) is 19.8 Å². The average Bonchev–Trinajstić information content (AvgIpc) is 2.55. The zero-order valence-electron chi connectivity index (χ0n) is 14.8. The smallest absolute Gasteiger partial charge is 0.317 e. The van der Waals surface area contributed by atoms with E-state index in [0.29, 0.717) is 24.9 Å². The Bertz CT molecular complexity index is 675. The number of amides is 2. The Hall–Kier alpha value is -2.68. The molecule has 2 rings (SSSR count). The molecule has 1 aliphatic rings. The Morgan fingerprint density at radius 2 is 2.04 bits per heavy atom. The number of carboxylic acid groups (broad SMARTS) is 1. The fourth-order valence-electron chi connectivity index (χ4n) is 3.20. The summed E-state index contributed by atoms with van der Waals surface area (Å²) in [5, 5.41) is 25.5. The molecule has 1 aliphatic carbocycles. The van der Waals surface area contributed by atoms with Gasteiger partial charge in [-0.05, 0) is 26.3 Å². The molecule has 1 atom stereocenters. The second kappa shape index (κ2) is 8.61. The standard InChI is InChI=1S/C17H24N4O5/c1-3-20(10-16(22)23)13-8-12(9-13)19-17(24)18-11(2)14-6-4-5-7-15(14)21(25)26/h4-7,11-13H,3,8-10H2,1-2H3,(H,22,23)(H2,18,19,24). The second-order valence-electron chi connectivity index (χ2n) is 6.43. The summed E-state index contributed by atoms with van der Waals surface area (Å²) in [5.74, 6) is -0.862. The first-order valence-corrected chi connectivity index (χ1v) is 8.58. The van der Waals surface area contributed by atoms with Crippen molar-refractivity contribution >= 4 is 17.7 Å². The summed E-state index contributed by atoms with van der Waals surface area (Å²) in [4.78, 5) is 35.5. The van der Waals surface area contributed by atoms with Gasteiger partial charge in [0.2, 0.25) is 0 Å². The van der Waals surface area contributed by atoms with E-state index < -0.39 is 16.9 Å². The second-order valence-corrected chi connectivity index (χ2v) is 6.43. The van der Waals surface area contributed by atoms with Gasteiger partial charge in [-0.25, -0.2) is 4.79 Å². The molecule has 0 aromatic heterocycles. The van der Waals surface area contributed by atoms with E-state index in [2.05, 4.69) is 10.6 Å². The molecule has 9 heteroatoms. The highest BCUT2D eigenvalue weighted by Gasteiger charge is 2.35. The molecular weight excluding hydrogens is 340 g/mol. The number of nitrogens with zero attached hydrogens (tertiary/aromatic N) is 2. The number of carbonyl (C=O) groups is 2. The summed E-state index contributed by atoms with van der Waals surface area (Å²) in [6.45, 7) is 4.24. The van der Waals surface area contributed by atoms with Crippen LogP contribution in [0.5, 0.6) is 0 Å². The van der Waals surface area contributed by atoms with E-state index in [9.17, 15) is 19.7 Å². The van der Waals surface area contributed by atoms with Gasteiger partial charge in [0.05, 0.1) is 23.1 Å². The van der Waals surface area contributed by atoms with E-state index in [1.807, 2.05) is 11.8 Å². The molecule has 0 heterocycles. The Morgan fingerprint density at radius 1 is 1.38 bits per heavy atom. The van der Waals surface area contributed by atoms with Crippen LogP contribution in [0.2, 0.25) is 0 Å². The monoisotopic (exact) mass is 364 g/mol. The molecule has 0 radical (unpaired) electrons. The molecule has 1 saturated carbocycles. The normalized spacial score (nSPS) is 20.1. The third-order valence-corrected chi connectivity index (χ3v) is 4.66. The van der Waals surface area contributed by atoms with Crippen LogP contribution in [-0.4, -0.2) is 52.1 Å². The summed E-state index contributed by atoms with van der Waals surface area (Å²) in [6.07, 6.45) is 1.38. The molecule has 0 aliphatic heterocycles. The predicted octanol–water partition coefficient (Wildman–Crippen LogP) is 1.89. The molecule has 0 saturated heterocycles. The predicted molar refractivity (Wildman–Crippen MR) is 94.9 cm³/mol. The Morgan fingerprint density at radius 3 is 2.62 bits per heavy atom. The first kappa shape index (κ1) is 19.6. The van der Waals surface area contributed by atoms with Crippen LogP contribution in [0.25, 0.3) is 0 Å². The van der Waals surface area contributed by atoms with Crippen molar-refractivity contribution in [1.29, 1.82) is 0 Å². The molecule has 1 unspecified atom stereocenters. The zero-order chi connectivity index (χ0) is 19.3. The number of nitro benzene ring substituents is 1. The van der Waals surface area contributed by atoms with Crippen molar-refractivity contribution in [3.8, 4) is 0 Å². The van der Waals surface area contributed by atoms with Gasteiger partial charge in [-0.1, -0.05) is 25.1 Å². The molecule has 3 N–H and O–H groups in total. The molecule has 2 amide bonds. The molecular formula is C17H24N4O5. The highest BCUT2D eigenvalue weighted by molar-refractivity contribution is 5.75. The Labute approximate surface area is 151 Å². The zero-order valence-corrected chi connectivity index (χ0v) is 14.8. The van der Waals surface area contributed by atoms with Crippen LogP contribution in [-0.2, 0) is 4.79 Å². The SMILES string of the molecule is CCN(CC(=O)O)C1CC(NC(=O)NC(C)c2ccccc2[N+](=O)[O-])C1. The molecule has 26 heavy (non-hydrogen) atoms. The molecule has 1 aromatic carbocycles. The number of hydrogen-bond acceptors (Lipinski definition) is 5. The highest BCUT2D eigenvalue weighted by atomic mass is 16.6. The Balaban J connectivity index is 1.83. The molecule has 0 spiro atoms. The van der Waals surface area contributed by atoms with Gasteiger partial charge in [-0.2, -0.15) is 0 Å². The maximum atomic E-state index is 12.1. The third kappa shape index (κ3) is 4.92. The first-order valence-electron chi connectivity index (χ1n) is 8.58. The van der Waals surface area contributed by atoms with E-state index in [1.54, 1.807) is 25.1 Å². The van der Waals surface area contributed by atoms with Crippen LogP contribution in [0.4, 0.5) is 10.5 Å². The maximum absolute atomic E-state index is 12.1. The summed E-state index contributed by atoms with van der Waals surface area (Å²) in [5.41, 5.74) is 0.411. The maximum Gasteiger partial charge on any atom is 0.317 e. The minimum absolute atomic E-state index is 0.00517. The number of aliphatic carboxylic acids is 1. The highest BCUT2D eigenvalue weighted by Crippen LogP contribution is 2.26. The molecule has 1 fully saturated rings. The fraction of sp³-hybridized carbons (Fsp3) is 0.529. The number of carboxylic acids is 1. The van der Waals surface area contributed by atoms with Crippen LogP contribution in [0.15, 0.2) is 24.3 Å². The average molecular weight is 364 g/mol. The number of nitrogens with one attached hydrogen (secondary N) is 2. The summed E-state index contributed by atoms with van der Waals surface area (Å²) in [7, 11) is 0. The topological polar surface area (TPSA) is 125 Å². The lowest BCUT2D eigenvalue weighted by atomic mass is 9.85. The number of carbonyl (C=O) groups excluding carboxylic acids is 1. The first-order chi connectivity index (χ1) is 12.3. The minimum atomic E-state index is -0.862. The van der Waals surface area contributed by atoms with E-state index in [-0.39, 0.29) is 30.3 Å². The summed E-state index contributed by atoms with van der Waals surface area (Å²) >= 11 is 0. The lowest BCUT2D eigenvalue weighted by Crippen LogP contribution is -2.56. The van der Waals surface area contributed by atoms with E-state index >= 15 is 0 Å². The van der Waals surface area contributed by atoms with Crippen molar-refractivity contribution in [2.24, 2.45) is 0 Å². The van der Waals surface area contributed by atoms with Gasteiger partial charge in [-0.15, -0.1) is 0 Å². The van der Waals surface area contributed by atoms with Crippen LogP contribution in [0, 0.1) is 10.1 Å². The van der Waals surface area contributed by atoms with Gasteiger partial charge in [0.15, 0.2) is 0 Å². The van der Waals surface area contributed by atoms with Crippen molar-refractivity contribution in [2.45, 2.75) is 44.8 Å². The van der Waals surface area contributed by atoms with Crippen LogP contribution in [0.1, 0.15) is 38.3 Å². The number of likely N-dealkylation sites (N-methyl/N-ethyl adjacent to an activating group) is 1. The summed E-state index contributed by atoms with van der Waals surface area (Å²) < 4.78 is 0. The number of rotatable bonds is 8. The number of nitro groups is 1. The van der Waals surface area contributed by atoms with Crippen LogP contribution < -0.4 is 10.6 Å². The van der Waals surface area contributed by atoms with Gasteiger partial charge >= 0.3 is 12.0 Å². The van der Waals surface area contributed by atoms with E-state index in [4.69, 9.17) is 5.11 Å². The molecule has 0 bridgehead atoms. The van der Waals surface area contributed by atoms with Crippen LogP contribution >= 0.6 is 0 Å². The van der Waals surface area contributed by atoms with Crippen molar-refractivity contribution in [3.05, 3.63) is 39.9 Å². The van der Waals surface area contributed by atoms with E-state index in [0.717, 1.165) is 0 Å². The largest absolute Gasteiger partial charge is 0.480 e. The summed E-state index contributed by atoms with van der Waals surface area (Å²) in [6, 6.07) is 5.52. The van der Waals surface area contributed by atoms with Crippen molar-refractivity contribution in [2.75, 3.05) is 13.1 Å². The third-order valence-electron chi connectivity index (χ3n) is 4.66. The lowest BCUT2D eigenvalue weighted by Gasteiger charge is -2.42. The molecule has 9 nitrogen and oxygen atoms in total. The van der Waals surface area contributed by atoms with Gasteiger partial charge in [0.1, 0.15) is 0 Å². The van der Waals surface area contributed by atoms with E-state index in [1.165, 1.54) is 6.07 Å². The van der Waals surface area contributed by atoms with Gasteiger partial charge < -0.3 is 15.7 Å². The fourth-order valence-corrected chi connectivity index (χ4v) is 3.20. The van der Waals surface area contributed by atoms with Crippen LogP contribution in [0.3, 0.4) is 0 Å². The minimum Gasteiger partial charge on any atom is -0.480 e. The number of benzene rings is 1. The van der Waals surface area contributed by atoms with Crippen molar-refractivity contribution in [1.82, 2.24) is 15.5 Å². The number of hydrogen-bond donors (Lipinski definition) is 3. The molecule has 1 aromatic rings. The van der Waals surface area contributed by atoms with Gasteiger partial charge in [0.25, 0.3) is 5.69 Å². The lowest BCUT2D eigenvalue weighted by molar-refractivity contribution is -0.385. The quantitative estimate of drug-likeness (QED) is 0.478. The van der Waals surface area contributed by atoms with Gasteiger partial charge in [0, 0.05) is 18.2 Å².